The van der Waals surface area contributed by atoms with Gasteiger partial charge in [0.1, 0.15) is 11.9 Å². The van der Waals surface area contributed by atoms with Crippen LogP contribution in [0.4, 0.5) is 4.39 Å². The van der Waals surface area contributed by atoms with Gasteiger partial charge in [-0.1, -0.05) is 54.0 Å². The van der Waals surface area contributed by atoms with Crippen molar-refractivity contribution in [1.82, 2.24) is 10.2 Å². The Balaban J connectivity index is 2.09. The number of carbonyl (C=O) groups is 2. The van der Waals surface area contributed by atoms with E-state index >= 15 is 0 Å². The van der Waals surface area contributed by atoms with Gasteiger partial charge in [-0.25, -0.2) is 4.39 Å². The third kappa shape index (κ3) is 7.76. The molecule has 0 aliphatic carbocycles. The molecule has 0 saturated carbocycles. The molecular formula is C23H28BrFN2O2S. The van der Waals surface area contributed by atoms with Crippen LogP contribution in [0.3, 0.4) is 0 Å². The van der Waals surface area contributed by atoms with E-state index in [0.29, 0.717) is 18.7 Å². The third-order valence-corrected chi connectivity index (χ3v) is 6.13. The van der Waals surface area contributed by atoms with Crippen molar-refractivity contribution in [2.75, 3.05) is 12.3 Å². The number of hydrogen-bond donors (Lipinski definition) is 1. The van der Waals surface area contributed by atoms with E-state index in [2.05, 4.69) is 21.2 Å². The van der Waals surface area contributed by atoms with Crippen LogP contribution in [0.25, 0.3) is 0 Å². The van der Waals surface area contributed by atoms with E-state index in [-0.39, 0.29) is 29.9 Å². The second-order valence-electron chi connectivity index (χ2n) is 6.98. The molecule has 0 spiro atoms. The van der Waals surface area contributed by atoms with Crippen molar-refractivity contribution in [1.29, 1.82) is 0 Å². The molecule has 162 valence electrons. The van der Waals surface area contributed by atoms with Crippen molar-refractivity contribution in [3.63, 3.8) is 0 Å². The van der Waals surface area contributed by atoms with E-state index in [9.17, 15) is 14.0 Å². The van der Waals surface area contributed by atoms with Crippen molar-refractivity contribution < 1.29 is 14.0 Å². The van der Waals surface area contributed by atoms with Crippen LogP contribution in [0.2, 0.25) is 0 Å². The van der Waals surface area contributed by atoms with Crippen LogP contribution in [0.15, 0.2) is 53.0 Å². The van der Waals surface area contributed by atoms with Crippen LogP contribution in [0, 0.1) is 5.82 Å². The minimum absolute atomic E-state index is 0.0973. The second-order valence-corrected chi connectivity index (χ2v) is 8.88. The minimum Gasteiger partial charge on any atom is -0.354 e. The fourth-order valence-corrected chi connectivity index (χ4v) is 4.13. The van der Waals surface area contributed by atoms with Gasteiger partial charge >= 0.3 is 0 Å². The van der Waals surface area contributed by atoms with E-state index in [1.807, 2.05) is 38.1 Å². The first-order chi connectivity index (χ1) is 14.4. The van der Waals surface area contributed by atoms with Crippen LogP contribution >= 0.6 is 27.7 Å². The zero-order valence-electron chi connectivity index (χ0n) is 17.4. The monoisotopic (exact) mass is 494 g/mol. The topological polar surface area (TPSA) is 49.4 Å². The number of benzene rings is 2. The highest BCUT2D eigenvalue weighted by Gasteiger charge is 2.28. The predicted octanol–water partition coefficient (Wildman–Crippen LogP) is 5.16. The summed E-state index contributed by atoms with van der Waals surface area (Å²) in [6, 6.07) is 13.5. The average Bonchev–Trinajstić information content (AvgIpc) is 2.74. The summed E-state index contributed by atoms with van der Waals surface area (Å²) >= 11 is 4.94. The quantitative estimate of drug-likeness (QED) is 0.469. The van der Waals surface area contributed by atoms with E-state index in [1.54, 1.807) is 17.0 Å². The van der Waals surface area contributed by atoms with Gasteiger partial charge in [0.2, 0.25) is 11.8 Å². The Morgan fingerprint density at radius 2 is 1.70 bits per heavy atom. The normalized spacial score (nSPS) is 11.7. The standard InChI is InChI=1S/C23H28BrFN2O2S/c1-3-13-26-23(29)21(4-2)27(14-17-7-11-20(25)12-8-17)22(28)16-30-15-18-5-9-19(24)10-6-18/h5-12,21H,3-4,13-16H2,1-2H3,(H,26,29)/t21-/m1/s1. The number of halogens is 2. The maximum Gasteiger partial charge on any atom is 0.242 e. The highest BCUT2D eigenvalue weighted by atomic mass is 79.9. The molecule has 2 aromatic rings. The fourth-order valence-electron chi connectivity index (χ4n) is 2.99. The summed E-state index contributed by atoms with van der Waals surface area (Å²) in [4.78, 5) is 27.4. The Hall–Kier alpha value is -1.86. The molecule has 1 N–H and O–H groups in total. The number of amides is 2. The lowest BCUT2D eigenvalue weighted by Crippen LogP contribution is -2.49. The first kappa shape index (κ1) is 24.4. The molecule has 2 amide bonds. The van der Waals surface area contributed by atoms with Crippen molar-refractivity contribution in [3.05, 3.63) is 69.9 Å². The molecule has 0 heterocycles. The van der Waals surface area contributed by atoms with Gasteiger partial charge in [0.05, 0.1) is 5.75 Å². The molecule has 0 unspecified atom stereocenters. The first-order valence-electron chi connectivity index (χ1n) is 10.1. The summed E-state index contributed by atoms with van der Waals surface area (Å²) in [7, 11) is 0. The van der Waals surface area contributed by atoms with Crippen LogP contribution in [0.5, 0.6) is 0 Å². The number of hydrogen-bond acceptors (Lipinski definition) is 3. The van der Waals surface area contributed by atoms with Gasteiger partial charge in [0.25, 0.3) is 0 Å². The lowest BCUT2D eigenvalue weighted by molar-refractivity contribution is -0.139. The van der Waals surface area contributed by atoms with Gasteiger partial charge in [-0.2, -0.15) is 0 Å². The van der Waals surface area contributed by atoms with E-state index in [4.69, 9.17) is 0 Å². The van der Waals surface area contributed by atoms with Gasteiger partial charge in [-0.05, 0) is 48.2 Å². The molecular weight excluding hydrogens is 467 g/mol. The molecule has 0 saturated heterocycles. The minimum atomic E-state index is -0.553. The number of thioether (sulfide) groups is 1. The second kappa shape index (κ2) is 12.7. The average molecular weight is 495 g/mol. The smallest absolute Gasteiger partial charge is 0.242 e. The molecule has 1 atom stereocenters. The van der Waals surface area contributed by atoms with E-state index in [1.165, 1.54) is 23.9 Å². The summed E-state index contributed by atoms with van der Waals surface area (Å²) in [5, 5.41) is 2.90. The van der Waals surface area contributed by atoms with Gasteiger partial charge < -0.3 is 10.2 Å². The van der Waals surface area contributed by atoms with E-state index < -0.39 is 6.04 Å². The molecule has 0 fully saturated rings. The lowest BCUT2D eigenvalue weighted by Gasteiger charge is -2.30. The summed E-state index contributed by atoms with van der Waals surface area (Å²) in [6.45, 7) is 4.74. The summed E-state index contributed by atoms with van der Waals surface area (Å²) in [5.41, 5.74) is 1.93. The number of carbonyl (C=O) groups excluding carboxylic acids is 2. The molecule has 7 heteroatoms. The number of nitrogens with one attached hydrogen (secondary N) is 1. The third-order valence-electron chi connectivity index (χ3n) is 4.61. The van der Waals surface area contributed by atoms with Crippen LogP contribution in [-0.4, -0.2) is 35.1 Å². The highest BCUT2D eigenvalue weighted by Crippen LogP contribution is 2.19. The highest BCUT2D eigenvalue weighted by molar-refractivity contribution is 9.10. The molecule has 0 aliphatic heterocycles. The molecule has 0 aliphatic rings. The van der Waals surface area contributed by atoms with Gasteiger partial charge in [-0.15, -0.1) is 11.8 Å². The number of rotatable bonds is 11. The lowest BCUT2D eigenvalue weighted by atomic mass is 10.1. The Morgan fingerprint density at radius 1 is 1.07 bits per heavy atom. The molecule has 2 rings (SSSR count). The first-order valence-corrected chi connectivity index (χ1v) is 12.0. The molecule has 0 bridgehead atoms. The Bertz CT molecular complexity index is 815. The maximum atomic E-state index is 13.3. The summed E-state index contributed by atoms with van der Waals surface area (Å²) in [6.07, 6.45) is 1.34. The Labute approximate surface area is 190 Å². The maximum absolute atomic E-state index is 13.3. The Kier molecular flexibility index (Phi) is 10.4. The van der Waals surface area contributed by atoms with Crippen molar-refractivity contribution in [2.24, 2.45) is 0 Å². The summed E-state index contributed by atoms with van der Waals surface area (Å²) in [5.74, 6) is 0.416. The van der Waals surface area contributed by atoms with Gasteiger partial charge in [0.15, 0.2) is 0 Å². The van der Waals surface area contributed by atoms with Crippen molar-refractivity contribution in [2.45, 2.75) is 45.0 Å². The van der Waals surface area contributed by atoms with Crippen molar-refractivity contribution in [3.8, 4) is 0 Å². The number of nitrogens with zero attached hydrogens (tertiary/aromatic N) is 1. The zero-order chi connectivity index (χ0) is 21.9. The SMILES string of the molecule is CCCNC(=O)[C@@H](CC)N(Cc1ccc(F)cc1)C(=O)CSCc1ccc(Br)cc1. The van der Waals surface area contributed by atoms with Gasteiger partial charge in [0, 0.05) is 23.3 Å². The summed E-state index contributed by atoms with van der Waals surface area (Å²) < 4.78 is 14.3. The Morgan fingerprint density at radius 3 is 2.30 bits per heavy atom. The van der Waals surface area contributed by atoms with Crippen LogP contribution in [0.1, 0.15) is 37.8 Å². The van der Waals surface area contributed by atoms with Crippen molar-refractivity contribution >= 4 is 39.5 Å². The largest absolute Gasteiger partial charge is 0.354 e. The van der Waals surface area contributed by atoms with Crippen LogP contribution in [-0.2, 0) is 21.9 Å². The zero-order valence-corrected chi connectivity index (χ0v) is 19.8. The fraction of sp³-hybridized carbons (Fsp3) is 0.391. The van der Waals surface area contributed by atoms with E-state index in [0.717, 1.165) is 22.0 Å². The molecule has 30 heavy (non-hydrogen) atoms. The van der Waals surface area contributed by atoms with Gasteiger partial charge in [-0.3, -0.25) is 9.59 Å². The predicted molar refractivity (Wildman–Crippen MR) is 125 cm³/mol. The molecule has 2 aromatic carbocycles. The molecule has 0 radical (unpaired) electrons. The van der Waals surface area contributed by atoms with Crippen LogP contribution < -0.4 is 5.32 Å². The molecule has 0 aromatic heterocycles. The molecule has 4 nitrogen and oxygen atoms in total.